The molecule has 0 aliphatic heterocycles. The first-order valence-electron chi connectivity index (χ1n) is 7.58. The number of alkyl halides is 3. The van der Waals surface area contributed by atoms with Crippen molar-refractivity contribution in [1.29, 1.82) is 0 Å². The van der Waals surface area contributed by atoms with E-state index >= 15 is 0 Å². The SMILES string of the molecule is CC(=O)NCCNCc1ccc(-c2ccc(C(F)(F)F)cc2)cc1. The summed E-state index contributed by atoms with van der Waals surface area (Å²) in [7, 11) is 0. The fraction of sp³-hybridized carbons (Fsp3) is 0.278. The van der Waals surface area contributed by atoms with Crippen molar-refractivity contribution in [3.63, 3.8) is 0 Å². The Morgan fingerprint density at radius 1 is 0.917 bits per heavy atom. The fourth-order valence-corrected chi connectivity index (χ4v) is 2.23. The van der Waals surface area contributed by atoms with Crippen LogP contribution >= 0.6 is 0 Å². The molecule has 6 heteroatoms. The average molecular weight is 336 g/mol. The van der Waals surface area contributed by atoms with Crippen molar-refractivity contribution in [2.45, 2.75) is 19.6 Å². The first-order chi connectivity index (χ1) is 11.4. The predicted molar refractivity (Wildman–Crippen MR) is 87.3 cm³/mol. The van der Waals surface area contributed by atoms with Gasteiger partial charge in [0.25, 0.3) is 0 Å². The Kier molecular flexibility index (Phi) is 5.98. The van der Waals surface area contributed by atoms with Gasteiger partial charge in [0.15, 0.2) is 0 Å². The molecular formula is C18H19F3N2O. The van der Waals surface area contributed by atoms with Gasteiger partial charge in [-0.15, -0.1) is 0 Å². The highest BCUT2D eigenvalue weighted by molar-refractivity contribution is 5.72. The Labute approximate surface area is 138 Å². The molecule has 0 saturated heterocycles. The van der Waals surface area contributed by atoms with E-state index in [0.717, 1.165) is 28.8 Å². The number of hydrogen-bond donors (Lipinski definition) is 2. The quantitative estimate of drug-likeness (QED) is 0.792. The molecule has 1 amide bonds. The molecule has 2 N–H and O–H groups in total. The van der Waals surface area contributed by atoms with Crippen LogP contribution in [0, 0.1) is 0 Å². The van der Waals surface area contributed by atoms with Crippen molar-refractivity contribution in [2.75, 3.05) is 13.1 Å². The van der Waals surface area contributed by atoms with Gasteiger partial charge in [-0.1, -0.05) is 36.4 Å². The molecule has 0 atom stereocenters. The number of rotatable bonds is 6. The lowest BCUT2D eigenvalue weighted by Gasteiger charge is -2.09. The molecule has 0 radical (unpaired) electrons. The topological polar surface area (TPSA) is 41.1 Å². The molecule has 128 valence electrons. The monoisotopic (exact) mass is 336 g/mol. The molecule has 3 nitrogen and oxygen atoms in total. The summed E-state index contributed by atoms with van der Waals surface area (Å²) in [5.41, 5.74) is 2.03. The molecule has 24 heavy (non-hydrogen) atoms. The molecule has 0 saturated carbocycles. The first-order valence-corrected chi connectivity index (χ1v) is 7.58. The number of nitrogens with one attached hydrogen (secondary N) is 2. The van der Waals surface area contributed by atoms with Gasteiger partial charge in [-0.2, -0.15) is 13.2 Å². The molecule has 0 spiro atoms. The zero-order chi connectivity index (χ0) is 17.6. The highest BCUT2D eigenvalue weighted by Crippen LogP contribution is 2.30. The molecule has 0 aliphatic carbocycles. The maximum Gasteiger partial charge on any atom is 0.416 e. The summed E-state index contributed by atoms with van der Waals surface area (Å²) >= 11 is 0. The molecule has 2 rings (SSSR count). The van der Waals surface area contributed by atoms with Crippen LogP contribution in [0.4, 0.5) is 13.2 Å². The van der Waals surface area contributed by atoms with E-state index in [1.807, 2.05) is 24.3 Å². The van der Waals surface area contributed by atoms with E-state index in [2.05, 4.69) is 10.6 Å². The van der Waals surface area contributed by atoms with Crippen LogP contribution in [0.25, 0.3) is 11.1 Å². The lowest BCUT2D eigenvalue weighted by molar-refractivity contribution is -0.137. The summed E-state index contributed by atoms with van der Waals surface area (Å²) < 4.78 is 37.7. The van der Waals surface area contributed by atoms with Crippen LogP contribution in [0.3, 0.4) is 0 Å². The number of benzene rings is 2. The van der Waals surface area contributed by atoms with Gasteiger partial charge in [-0.3, -0.25) is 4.79 Å². The van der Waals surface area contributed by atoms with Crippen LogP contribution in [0.2, 0.25) is 0 Å². The first kappa shape index (κ1) is 18.0. The number of carbonyl (C=O) groups excluding carboxylic acids is 1. The number of hydrogen-bond acceptors (Lipinski definition) is 2. The van der Waals surface area contributed by atoms with E-state index in [0.29, 0.717) is 19.6 Å². The van der Waals surface area contributed by atoms with Gasteiger partial charge in [-0.05, 0) is 28.8 Å². The number of carbonyl (C=O) groups is 1. The lowest BCUT2D eigenvalue weighted by atomic mass is 10.0. The Hall–Kier alpha value is -2.34. The fourth-order valence-electron chi connectivity index (χ4n) is 2.23. The Morgan fingerprint density at radius 3 is 1.96 bits per heavy atom. The zero-order valence-electron chi connectivity index (χ0n) is 13.3. The maximum atomic E-state index is 12.6. The third kappa shape index (κ3) is 5.38. The van der Waals surface area contributed by atoms with Crippen LogP contribution in [-0.4, -0.2) is 19.0 Å². The molecule has 0 aliphatic rings. The van der Waals surface area contributed by atoms with E-state index in [1.165, 1.54) is 19.1 Å². The highest BCUT2D eigenvalue weighted by Gasteiger charge is 2.29. The molecule has 2 aromatic rings. The van der Waals surface area contributed by atoms with Crippen LogP contribution in [-0.2, 0) is 17.5 Å². The smallest absolute Gasteiger partial charge is 0.355 e. The number of halogens is 3. The predicted octanol–water partition coefficient (Wildman–Crippen LogP) is 3.60. The average Bonchev–Trinajstić information content (AvgIpc) is 2.54. The van der Waals surface area contributed by atoms with Gasteiger partial charge in [-0.25, -0.2) is 0 Å². The minimum absolute atomic E-state index is 0.0577. The Balaban J connectivity index is 1.91. The highest BCUT2D eigenvalue weighted by atomic mass is 19.4. The summed E-state index contributed by atoms with van der Waals surface area (Å²) in [5, 5.41) is 5.90. The van der Waals surface area contributed by atoms with Gasteiger partial charge in [0, 0.05) is 26.6 Å². The molecular weight excluding hydrogens is 317 g/mol. The minimum Gasteiger partial charge on any atom is -0.355 e. The lowest BCUT2D eigenvalue weighted by Crippen LogP contribution is -2.29. The van der Waals surface area contributed by atoms with E-state index in [1.54, 1.807) is 0 Å². The van der Waals surface area contributed by atoms with Gasteiger partial charge < -0.3 is 10.6 Å². The zero-order valence-corrected chi connectivity index (χ0v) is 13.3. The van der Waals surface area contributed by atoms with Gasteiger partial charge in [0.2, 0.25) is 5.91 Å². The van der Waals surface area contributed by atoms with Crippen molar-refractivity contribution in [3.8, 4) is 11.1 Å². The molecule has 0 heterocycles. The van der Waals surface area contributed by atoms with E-state index < -0.39 is 11.7 Å². The third-order valence-electron chi connectivity index (χ3n) is 3.50. The van der Waals surface area contributed by atoms with Crippen molar-refractivity contribution >= 4 is 5.91 Å². The molecule has 0 bridgehead atoms. The molecule has 0 aromatic heterocycles. The van der Waals surface area contributed by atoms with Crippen molar-refractivity contribution in [2.24, 2.45) is 0 Å². The third-order valence-corrected chi connectivity index (χ3v) is 3.50. The molecule has 0 unspecified atom stereocenters. The largest absolute Gasteiger partial charge is 0.416 e. The standard InChI is InChI=1S/C18H19F3N2O/c1-13(24)23-11-10-22-12-14-2-4-15(5-3-14)16-6-8-17(9-7-16)18(19,20)21/h2-9,22H,10-12H2,1H3,(H,23,24). The van der Waals surface area contributed by atoms with E-state index in [4.69, 9.17) is 0 Å². The summed E-state index contributed by atoms with van der Waals surface area (Å²) in [6.07, 6.45) is -4.31. The van der Waals surface area contributed by atoms with Gasteiger partial charge in [0.1, 0.15) is 0 Å². The van der Waals surface area contributed by atoms with Gasteiger partial charge in [0.05, 0.1) is 5.56 Å². The van der Waals surface area contributed by atoms with Crippen LogP contribution in [0.1, 0.15) is 18.1 Å². The maximum absolute atomic E-state index is 12.6. The van der Waals surface area contributed by atoms with Crippen LogP contribution in [0.5, 0.6) is 0 Å². The van der Waals surface area contributed by atoms with E-state index in [-0.39, 0.29) is 5.91 Å². The number of amides is 1. The summed E-state index contributed by atoms with van der Waals surface area (Å²) in [6.45, 7) is 3.37. The van der Waals surface area contributed by atoms with Crippen LogP contribution < -0.4 is 10.6 Å². The normalized spacial score (nSPS) is 11.3. The molecule has 0 fully saturated rings. The van der Waals surface area contributed by atoms with E-state index in [9.17, 15) is 18.0 Å². The van der Waals surface area contributed by atoms with Crippen molar-refractivity contribution in [1.82, 2.24) is 10.6 Å². The second kappa shape index (κ2) is 7.97. The van der Waals surface area contributed by atoms with Crippen LogP contribution in [0.15, 0.2) is 48.5 Å². The Morgan fingerprint density at radius 2 is 1.46 bits per heavy atom. The summed E-state index contributed by atoms with van der Waals surface area (Å²) in [5.74, 6) is -0.0577. The second-order valence-corrected chi connectivity index (χ2v) is 5.43. The van der Waals surface area contributed by atoms with Crippen molar-refractivity contribution in [3.05, 3.63) is 59.7 Å². The second-order valence-electron chi connectivity index (χ2n) is 5.43. The minimum atomic E-state index is -4.31. The summed E-state index contributed by atoms with van der Waals surface area (Å²) in [6, 6.07) is 12.8. The van der Waals surface area contributed by atoms with Crippen molar-refractivity contribution < 1.29 is 18.0 Å². The summed E-state index contributed by atoms with van der Waals surface area (Å²) in [4.78, 5) is 10.7. The molecule has 2 aromatic carbocycles. The van der Waals surface area contributed by atoms with Gasteiger partial charge >= 0.3 is 6.18 Å². The Bertz CT molecular complexity index is 664.